The van der Waals surface area contributed by atoms with Crippen molar-refractivity contribution >= 4 is 21.8 Å². The minimum absolute atomic E-state index is 0.128. The van der Waals surface area contributed by atoms with E-state index < -0.39 is 11.7 Å². The lowest BCUT2D eigenvalue weighted by Crippen LogP contribution is -2.31. The van der Waals surface area contributed by atoms with E-state index in [-0.39, 0.29) is 12.5 Å². The molecule has 0 saturated heterocycles. The molecule has 3 nitrogen and oxygen atoms in total. The number of carbonyl (C=O) groups excluding carboxylic acids is 1. The Bertz CT molecular complexity index is 1270. The molecule has 0 radical (unpaired) electrons. The lowest BCUT2D eigenvalue weighted by Gasteiger charge is -2.24. The van der Waals surface area contributed by atoms with E-state index in [2.05, 4.69) is 15.9 Å². The number of halogens is 4. The van der Waals surface area contributed by atoms with Crippen LogP contribution in [0.1, 0.15) is 32.7 Å². The predicted molar refractivity (Wildman–Crippen MR) is 129 cm³/mol. The van der Waals surface area contributed by atoms with E-state index in [1.807, 2.05) is 65.4 Å². The van der Waals surface area contributed by atoms with Crippen LogP contribution < -0.4 is 0 Å². The van der Waals surface area contributed by atoms with Gasteiger partial charge in [0.25, 0.3) is 5.91 Å². The molecule has 0 N–H and O–H groups in total. The number of aromatic nitrogens is 1. The third-order valence-corrected chi connectivity index (χ3v) is 5.95. The van der Waals surface area contributed by atoms with E-state index in [0.29, 0.717) is 24.2 Å². The highest BCUT2D eigenvalue weighted by molar-refractivity contribution is 9.10. The van der Waals surface area contributed by atoms with Crippen molar-refractivity contribution in [3.8, 4) is 0 Å². The SMILES string of the molecule is O=C(c1cccc(Br)c1)N(Cc1ccccc1)Cc1cccn1Cc1cccc(C(F)(F)F)c1. The predicted octanol–water partition coefficient (Wildman–Crippen LogP) is 7.16. The molecular weight excluding hydrogens is 505 g/mol. The highest BCUT2D eigenvalue weighted by atomic mass is 79.9. The van der Waals surface area contributed by atoms with Crippen molar-refractivity contribution in [3.63, 3.8) is 0 Å². The summed E-state index contributed by atoms with van der Waals surface area (Å²) in [6, 6.07) is 26.0. The molecule has 0 atom stereocenters. The number of benzene rings is 3. The highest BCUT2D eigenvalue weighted by Crippen LogP contribution is 2.30. The quantitative estimate of drug-likeness (QED) is 0.250. The van der Waals surface area contributed by atoms with Crippen LogP contribution in [0.2, 0.25) is 0 Å². The third kappa shape index (κ3) is 5.97. The van der Waals surface area contributed by atoms with E-state index in [1.54, 1.807) is 23.1 Å². The van der Waals surface area contributed by atoms with Crippen LogP contribution in [-0.4, -0.2) is 15.4 Å². The molecule has 0 spiro atoms. The first kappa shape index (κ1) is 23.8. The van der Waals surface area contributed by atoms with Crippen LogP contribution in [0.4, 0.5) is 13.2 Å². The fourth-order valence-corrected chi connectivity index (χ4v) is 4.19. The maximum absolute atomic E-state index is 13.4. The number of hydrogen-bond donors (Lipinski definition) is 0. The minimum atomic E-state index is -4.39. The number of hydrogen-bond acceptors (Lipinski definition) is 1. The van der Waals surface area contributed by atoms with Gasteiger partial charge in [-0.25, -0.2) is 0 Å². The summed E-state index contributed by atoms with van der Waals surface area (Å²) in [5.41, 5.74) is 2.24. The molecule has 0 aliphatic carbocycles. The molecule has 0 aliphatic rings. The van der Waals surface area contributed by atoms with Crippen molar-refractivity contribution in [2.75, 3.05) is 0 Å². The van der Waals surface area contributed by atoms with Crippen LogP contribution in [0, 0.1) is 0 Å². The van der Waals surface area contributed by atoms with Gasteiger partial charge in [0.15, 0.2) is 0 Å². The average Bonchev–Trinajstić information content (AvgIpc) is 3.25. The van der Waals surface area contributed by atoms with Crippen molar-refractivity contribution in [2.24, 2.45) is 0 Å². The molecule has 0 saturated carbocycles. The van der Waals surface area contributed by atoms with Crippen molar-refractivity contribution in [1.29, 1.82) is 0 Å². The Morgan fingerprint density at radius 3 is 2.29 bits per heavy atom. The maximum atomic E-state index is 13.4. The summed E-state index contributed by atoms with van der Waals surface area (Å²) in [5.74, 6) is -0.128. The van der Waals surface area contributed by atoms with E-state index >= 15 is 0 Å². The van der Waals surface area contributed by atoms with Crippen LogP contribution in [0.5, 0.6) is 0 Å². The zero-order chi connectivity index (χ0) is 24.1. The van der Waals surface area contributed by atoms with E-state index in [4.69, 9.17) is 0 Å². The first-order chi connectivity index (χ1) is 16.3. The highest BCUT2D eigenvalue weighted by Gasteiger charge is 2.30. The molecule has 4 aromatic rings. The molecule has 0 fully saturated rings. The van der Waals surface area contributed by atoms with Gasteiger partial charge < -0.3 is 9.47 Å². The summed E-state index contributed by atoms with van der Waals surface area (Å²) in [5, 5.41) is 0. The van der Waals surface area contributed by atoms with Gasteiger partial charge in [0.1, 0.15) is 0 Å². The fraction of sp³-hybridized carbons (Fsp3) is 0.148. The lowest BCUT2D eigenvalue weighted by molar-refractivity contribution is -0.137. The molecule has 7 heteroatoms. The van der Waals surface area contributed by atoms with Crippen LogP contribution in [0.3, 0.4) is 0 Å². The Morgan fingerprint density at radius 1 is 0.824 bits per heavy atom. The Labute approximate surface area is 204 Å². The second-order valence-electron chi connectivity index (χ2n) is 7.98. The minimum Gasteiger partial charge on any atom is -0.345 e. The molecule has 0 aliphatic heterocycles. The van der Waals surface area contributed by atoms with E-state index in [0.717, 1.165) is 27.9 Å². The standard InChI is InChI=1S/C27H22BrF3N2O/c28-24-12-5-10-22(16-24)26(34)33(17-20-7-2-1-3-8-20)19-25-13-6-14-32(25)18-21-9-4-11-23(15-21)27(29,30)31/h1-16H,17-19H2. The molecule has 174 valence electrons. The van der Waals surface area contributed by atoms with Gasteiger partial charge in [-0.05, 0) is 53.6 Å². The molecule has 0 bridgehead atoms. The zero-order valence-corrected chi connectivity index (χ0v) is 19.8. The van der Waals surface area contributed by atoms with Crippen LogP contribution in [0.25, 0.3) is 0 Å². The number of carbonyl (C=O) groups is 1. The Balaban J connectivity index is 1.60. The third-order valence-electron chi connectivity index (χ3n) is 5.46. The summed E-state index contributed by atoms with van der Waals surface area (Å²) in [4.78, 5) is 15.2. The van der Waals surface area contributed by atoms with Gasteiger partial charge in [-0.3, -0.25) is 4.79 Å². The van der Waals surface area contributed by atoms with E-state index in [1.165, 1.54) is 6.07 Å². The molecule has 0 unspecified atom stereocenters. The fourth-order valence-electron chi connectivity index (χ4n) is 3.79. The van der Waals surface area contributed by atoms with Gasteiger partial charge >= 0.3 is 6.18 Å². The molecular formula is C27H22BrF3N2O. The van der Waals surface area contributed by atoms with Crippen LogP contribution in [0.15, 0.2) is 102 Å². The second kappa shape index (κ2) is 10.3. The Morgan fingerprint density at radius 2 is 1.56 bits per heavy atom. The first-order valence-electron chi connectivity index (χ1n) is 10.7. The number of rotatable bonds is 7. The number of alkyl halides is 3. The second-order valence-corrected chi connectivity index (χ2v) is 8.90. The Kier molecular flexibility index (Phi) is 7.22. The number of amides is 1. The van der Waals surface area contributed by atoms with Crippen LogP contribution >= 0.6 is 15.9 Å². The summed E-state index contributed by atoms with van der Waals surface area (Å²) in [7, 11) is 0. The average molecular weight is 527 g/mol. The Hall–Kier alpha value is -3.32. The molecule has 3 aromatic carbocycles. The van der Waals surface area contributed by atoms with Crippen molar-refractivity contribution in [2.45, 2.75) is 25.8 Å². The summed E-state index contributed by atoms with van der Waals surface area (Å²) < 4.78 is 42.1. The normalized spacial score (nSPS) is 11.4. The zero-order valence-electron chi connectivity index (χ0n) is 18.2. The topological polar surface area (TPSA) is 25.2 Å². The molecule has 1 heterocycles. The van der Waals surface area contributed by atoms with Crippen molar-refractivity contribution in [3.05, 3.63) is 130 Å². The van der Waals surface area contributed by atoms with Gasteiger partial charge in [-0.15, -0.1) is 0 Å². The molecule has 34 heavy (non-hydrogen) atoms. The van der Waals surface area contributed by atoms with Gasteiger partial charge in [0, 0.05) is 35.0 Å². The van der Waals surface area contributed by atoms with Crippen molar-refractivity contribution < 1.29 is 18.0 Å². The first-order valence-corrected chi connectivity index (χ1v) is 11.5. The largest absolute Gasteiger partial charge is 0.416 e. The van der Waals surface area contributed by atoms with Gasteiger partial charge in [-0.2, -0.15) is 13.2 Å². The van der Waals surface area contributed by atoms with Gasteiger partial charge in [0.2, 0.25) is 0 Å². The molecule has 1 amide bonds. The molecule has 1 aromatic heterocycles. The summed E-state index contributed by atoms with van der Waals surface area (Å²) >= 11 is 3.42. The lowest BCUT2D eigenvalue weighted by atomic mass is 10.1. The summed E-state index contributed by atoms with van der Waals surface area (Å²) in [6.07, 6.45) is -2.57. The monoisotopic (exact) mass is 526 g/mol. The summed E-state index contributed by atoms with van der Waals surface area (Å²) in [6.45, 7) is 0.990. The maximum Gasteiger partial charge on any atom is 0.416 e. The van der Waals surface area contributed by atoms with E-state index in [9.17, 15) is 18.0 Å². The molecule has 4 rings (SSSR count). The van der Waals surface area contributed by atoms with Crippen LogP contribution in [-0.2, 0) is 25.8 Å². The van der Waals surface area contributed by atoms with Gasteiger partial charge in [0.05, 0.1) is 12.1 Å². The number of nitrogens with zero attached hydrogens (tertiary/aromatic N) is 2. The van der Waals surface area contributed by atoms with Gasteiger partial charge in [-0.1, -0.05) is 64.5 Å². The van der Waals surface area contributed by atoms with Crippen molar-refractivity contribution in [1.82, 2.24) is 9.47 Å². The smallest absolute Gasteiger partial charge is 0.345 e.